The molecular formula is C13H20BrNO. The third kappa shape index (κ3) is 3.65. The quantitative estimate of drug-likeness (QED) is 0.552. The van der Waals surface area contributed by atoms with Gasteiger partial charge in [0.2, 0.25) is 0 Å². The van der Waals surface area contributed by atoms with Crippen molar-refractivity contribution in [1.29, 1.82) is 0 Å². The van der Waals surface area contributed by atoms with Gasteiger partial charge in [0, 0.05) is 6.07 Å². The predicted octanol–water partition coefficient (Wildman–Crippen LogP) is -0.158. The fourth-order valence-corrected chi connectivity index (χ4v) is 1.89. The fourth-order valence-electron chi connectivity index (χ4n) is 1.89. The number of benzene rings is 1. The van der Waals surface area contributed by atoms with E-state index in [1.807, 2.05) is 18.2 Å². The minimum atomic E-state index is 0. The Balaban J connectivity index is 0.00000225. The largest absolute Gasteiger partial charge is 1.00 e. The monoisotopic (exact) mass is 285 g/mol. The summed E-state index contributed by atoms with van der Waals surface area (Å²) in [5.41, 5.74) is 2.36. The lowest BCUT2D eigenvalue weighted by atomic mass is 10.2. The standard InChI is InChI=1S/C13H20NO.BrH/c1-11(2)10-14(3,4)12-8-6-7-9-13(12)15-5;/h6-9H,1,10H2,2-5H3;1H/q+1;/p-1. The summed E-state index contributed by atoms with van der Waals surface area (Å²) < 4.78 is 6.13. The molecule has 16 heavy (non-hydrogen) atoms. The molecule has 0 saturated carbocycles. The fraction of sp³-hybridized carbons (Fsp3) is 0.385. The van der Waals surface area contributed by atoms with Crippen LogP contribution in [0.2, 0.25) is 0 Å². The molecule has 0 atom stereocenters. The second kappa shape index (κ2) is 6.06. The number of likely N-dealkylation sites (N-methyl/N-ethyl adjacent to an activating group) is 1. The van der Waals surface area contributed by atoms with Gasteiger partial charge in [0.05, 0.1) is 21.2 Å². The molecule has 0 heterocycles. The highest BCUT2D eigenvalue weighted by Gasteiger charge is 2.22. The first kappa shape index (κ1) is 15.2. The Hall–Kier alpha value is -0.800. The lowest BCUT2D eigenvalue weighted by molar-refractivity contribution is -0.00000381. The number of halogens is 1. The van der Waals surface area contributed by atoms with E-state index >= 15 is 0 Å². The molecule has 0 fully saturated rings. The van der Waals surface area contributed by atoms with Gasteiger partial charge in [0.15, 0.2) is 11.4 Å². The van der Waals surface area contributed by atoms with Crippen molar-refractivity contribution in [2.75, 3.05) is 27.7 Å². The van der Waals surface area contributed by atoms with Gasteiger partial charge in [0.1, 0.15) is 6.54 Å². The van der Waals surface area contributed by atoms with E-state index in [-0.39, 0.29) is 17.0 Å². The second-order valence-corrected chi connectivity index (χ2v) is 4.47. The molecule has 0 N–H and O–H groups in total. The van der Waals surface area contributed by atoms with Crippen LogP contribution in [0.1, 0.15) is 6.92 Å². The van der Waals surface area contributed by atoms with Crippen molar-refractivity contribution >= 4 is 5.69 Å². The highest BCUT2D eigenvalue weighted by atomic mass is 79.9. The van der Waals surface area contributed by atoms with Gasteiger partial charge in [-0.25, -0.2) is 0 Å². The molecule has 1 aromatic rings. The van der Waals surface area contributed by atoms with Crippen LogP contribution in [0.5, 0.6) is 5.75 Å². The Bertz CT molecular complexity index is 361. The summed E-state index contributed by atoms with van der Waals surface area (Å²) in [6.45, 7) is 6.93. The van der Waals surface area contributed by atoms with Crippen LogP contribution < -0.4 is 26.2 Å². The lowest BCUT2D eigenvalue weighted by Gasteiger charge is -2.30. The van der Waals surface area contributed by atoms with E-state index < -0.39 is 0 Å². The van der Waals surface area contributed by atoms with E-state index in [4.69, 9.17) is 4.74 Å². The molecule has 1 rings (SSSR count). The van der Waals surface area contributed by atoms with Gasteiger partial charge in [-0.2, -0.15) is 0 Å². The van der Waals surface area contributed by atoms with Gasteiger partial charge >= 0.3 is 0 Å². The van der Waals surface area contributed by atoms with Crippen LogP contribution in [-0.2, 0) is 0 Å². The van der Waals surface area contributed by atoms with Gasteiger partial charge in [-0.15, -0.1) is 0 Å². The summed E-state index contributed by atoms with van der Waals surface area (Å²) in [6, 6.07) is 8.12. The molecule has 1 aromatic carbocycles. The van der Waals surface area contributed by atoms with Crippen molar-refractivity contribution in [3.8, 4) is 5.75 Å². The normalized spacial score (nSPS) is 10.5. The summed E-state index contributed by atoms with van der Waals surface area (Å²) >= 11 is 0. The summed E-state index contributed by atoms with van der Waals surface area (Å²) in [5.74, 6) is 0.934. The first-order valence-corrected chi connectivity index (χ1v) is 5.08. The zero-order valence-electron chi connectivity index (χ0n) is 10.5. The summed E-state index contributed by atoms with van der Waals surface area (Å²) in [4.78, 5) is 0. The number of hydrogen-bond acceptors (Lipinski definition) is 1. The first-order chi connectivity index (χ1) is 6.97. The van der Waals surface area contributed by atoms with Crippen LogP contribution in [0.4, 0.5) is 5.69 Å². The van der Waals surface area contributed by atoms with Gasteiger partial charge in [-0.1, -0.05) is 18.7 Å². The maximum absolute atomic E-state index is 5.37. The molecule has 3 heteroatoms. The smallest absolute Gasteiger partial charge is 0.179 e. The maximum Gasteiger partial charge on any atom is 0.179 e. The molecule has 0 unspecified atom stereocenters. The molecular weight excluding hydrogens is 266 g/mol. The van der Waals surface area contributed by atoms with E-state index in [0.29, 0.717) is 0 Å². The average molecular weight is 286 g/mol. The van der Waals surface area contributed by atoms with Crippen molar-refractivity contribution in [1.82, 2.24) is 4.48 Å². The zero-order valence-corrected chi connectivity index (χ0v) is 12.0. The Morgan fingerprint density at radius 1 is 1.31 bits per heavy atom. The van der Waals surface area contributed by atoms with Crippen molar-refractivity contribution in [3.05, 3.63) is 36.4 Å². The number of methoxy groups -OCH3 is 1. The minimum Gasteiger partial charge on any atom is -1.00 e. The van der Waals surface area contributed by atoms with Crippen LogP contribution in [0.25, 0.3) is 0 Å². The van der Waals surface area contributed by atoms with Crippen LogP contribution in [0.15, 0.2) is 36.4 Å². The Labute approximate surface area is 109 Å². The van der Waals surface area contributed by atoms with E-state index in [9.17, 15) is 0 Å². The molecule has 0 bridgehead atoms. The van der Waals surface area contributed by atoms with Gasteiger partial charge < -0.3 is 21.7 Å². The Kier molecular flexibility index (Phi) is 5.76. The topological polar surface area (TPSA) is 9.23 Å². The summed E-state index contributed by atoms with van der Waals surface area (Å²) in [6.07, 6.45) is 0. The van der Waals surface area contributed by atoms with Gasteiger partial charge in [-0.05, 0) is 18.6 Å². The second-order valence-electron chi connectivity index (χ2n) is 4.47. The van der Waals surface area contributed by atoms with Gasteiger partial charge in [0.25, 0.3) is 0 Å². The molecule has 0 amide bonds. The van der Waals surface area contributed by atoms with Crippen LogP contribution in [0.3, 0.4) is 0 Å². The third-order valence-corrected chi connectivity index (χ3v) is 2.40. The molecule has 0 aliphatic rings. The molecule has 90 valence electrons. The molecule has 0 aromatic heterocycles. The highest BCUT2D eigenvalue weighted by molar-refractivity contribution is 5.55. The average Bonchev–Trinajstić information content (AvgIpc) is 2.16. The van der Waals surface area contributed by atoms with Crippen molar-refractivity contribution in [2.45, 2.75) is 6.92 Å². The van der Waals surface area contributed by atoms with E-state index in [1.54, 1.807) is 7.11 Å². The van der Waals surface area contributed by atoms with Crippen molar-refractivity contribution in [2.24, 2.45) is 0 Å². The number of para-hydroxylation sites is 2. The van der Waals surface area contributed by atoms with E-state index in [1.165, 1.54) is 11.3 Å². The molecule has 2 nitrogen and oxygen atoms in total. The summed E-state index contributed by atoms with van der Waals surface area (Å²) in [7, 11) is 6.03. The van der Waals surface area contributed by atoms with E-state index in [0.717, 1.165) is 16.8 Å². The highest BCUT2D eigenvalue weighted by Crippen LogP contribution is 2.31. The number of ether oxygens (including phenoxy) is 1. The van der Waals surface area contributed by atoms with Crippen LogP contribution >= 0.6 is 0 Å². The SMILES string of the molecule is C=C(C)C[N+](C)(C)c1ccccc1OC.[Br-]. The maximum atomic E-state index is 5.37. The molecule has 0 aliphatic heterocycles. The number of rotatable bonds is 4. The Morgan fingerprint density at radius 3 is 2.38 bits per heavy atom. The van der Waals surface area contributed by atoms with Crippen molar-refractivity contribution < 1.29 is 21.7 Å². The minimum absolute atomic E-state index is 0. The van der Waals surface area contributed by atoms with Crippen LogP contribution in [0, 0.1) is 0 Å². The molecule has 0 saturated heterocycles. The molecule has 0 radical (unpaired) electrons. The van der Waals surface area contributed by atoms with Crippen LogP contribution in [-0.4, -0.2) is 27.7 Å². The summed E-state index contributed by atoms with van der Waals surface area (Å²) in [5, 5.41) is 0. The number of nitrogens with zero attached hydrogens (tertiary/aromatic N) is 1. The van der Waals surface area contributed by atoms with Gasteiger partial charge in [-0.3, -0.25) is 4.48 Å². The molecule has 0 spiro atoms. The lowest BCUT2D eigenvalue weighted by Crippen LogP contribution is -3.00. The molecule has 0 aliphatic carbocycles. The predicted molar refractivity (Wildman–Crippen MR) is 66.3 cm³/mol. The van der Waals surface area contributed by atoms with Crippen molar-refractivity contribution in [3.63, 3.8) is 0 Å². The number of quaternary nitrogens is 1. The first-order valence-electron chi connectivity index (χ1n) is 5.08. The Morgan fingerprint density at radius 2 is 1.88 bits per heavy atom. The van der Waals surface area contributed by atoms with E-state index in [2.05, 4.69) is 33.7 Å². The number of hydrogen-bond donors (Lipinski definition) is 0. The zero-order chi connectivity index (χ0) is 11.5. The third-order valence-electron chi connectivity index (χ3n) is 2.40.